The molecule has 140 valence electrons. The lowest BCUT2D eigenvalue weighted by Crippen LogP contribution is -2.13. The highest BCUT2D eigenvalue weighted by atomic mass is 32.2. The van der Waals surface area contributed by atoms with Crippen LogP contribution in [0.25, 0.3) is 0 Å². The molecule has 0 unspecified atom stereocenters. The van der Waals surface area contributed by atoms with Gasteiger partial charge in [0.05, 0.1) is 5.69 Å². The number of rotatable bonds is 6. The van der Waals surface area contributed by atoms with Gasteiger partial charge in [-0.2, -0.15) is 8.42 Å². The minimum Gasteiger partial charge on any atom is -0.296 e. The third-order valence-corrected chi connectivity index (χ3v) is 6.86. The number of amides is 1. The van der Waals surface area contributed by atoms with E-state index in [0.29, 0.717) is 11.3 Å². The number of carbonyl (C=O) groups is 1. The number of nitrogens with one attached hydrogen (secondary N) is 2. The molecule has 1 amide bonds. The summed E-state index contributed by atoms with van der Waals surface area (Å²) >= 11 is 2.22. The first-order valence-electron chi connectivity index (χ1n) is 7.76. The molecule has 3 aromatic rings. The van der Waals surface area contributed by atoms with Crippen LogP contribution in [-0.2, 0) is 10.0 Å². The molecule has 0 spiro atoms. The van der Waals surface area contributed by atoms with E-state index in [2.05, 4.69) is 20.2 Å². The van der Waals surface area contributed by atoms with E-state index in [4.69, 9.17) is 0 Å². The Hall–Kier alpha value is -2.43. The standard InChI is InChI=1S/C17H16N4O3S3/c1-11-6-5-7-12(10-11)15(22)18-16-19-20-17(26-16)27(23,24)21-13-8-3-4-9-14(13)25-2/h3-10,21H,1-2H3,(H,18,19,22). The lowest BCUT2D eigenvalue weighted by atomic mass is 10.1. The highest BCUT2D eigenvalue weighted by Crippen LogP contribution is 2.28. The monoisotopic (exact) mass is 420 g/mol. The number of sulfonamides is 1. The maximum Gasteiger partial charge on any atom is 0.291 e. The molecule has 0 aliphatic rings. The summed E-state index contributed by atoms with van der Waals surface area (Å²) in [5.41, 5.74) is 1.87. The average molecular weight is 421 g/mol. The largest absolute Gasteiger partial charge is 0.296 e. The number of hydrogen-bond acceptors (Lipinski definition) is 7. The first-order chi connectivity index (χ1) is 12.9. The van der Waals surface area contributed by atoms with Gasteiger partial charge in [-0.1, -0.05) is 41.2 Å². The second kappa shape index (κ2) is 8.07. The van der Waals surface area contributed by atoms with Gasteiger partial charge in [-0.15, -0.1) is 22.0 Å². The topological polar surface area (TPSA) is 101 Å². The Morgan fingerprint density at radius 1 is 1.11 bits per heavy atom. The SMILES string of the molecule is CSc1ccccc1NS(=O)(=O)c1nnc(NC(=O)c2cccc(C)c2)s1. The van der Waals surface area contributed by atoms with Crippen molar-refractivity contribution in [1.82, 2.24) is 10.2 Å². The van der Waals surface area contributed by atoms with E-state index in [-0.39, 0.29) is 15.4 Å². The van der Waals surface area contributed by atoms with Gasteiger partial charge < -0.3 is 0 Å². The van der Waals surface area contributed by atoms with Crippen molar-refractivity contribution in [3.8, 4) is 0 Å². The van der Waals surface area contributed by atoms with Crippen molar-refractivity contribution in [2.24, 2.45) is 0 Å². The fourth-order valence-corrected chi connectivity index (χ4v) is 4.84. The Bertz CT molecular complexity index is 1080. The summed E-state index contributed by atoms with van der Waals surface area (Å²) in [6.07, 6.45) is 1.86. The molecule has 0 saturated carbocycles. The number of benzene rings is 2. The van der Waals surface area contributed by atoms with Crippen molar-refractivity contribution in [2.45, 2.75) is 16.2 Å². The summed E-state index contributed by atoms with van der Waals surface area (Å²) in [6, 6.07) is 14.1. The van der Waals surface area contributed by atoms with E-state index in [9.17, 15) is 13.2 Å². The van der Waals surface area contributed by atoms with E-state index in [0.717, 1.165) is 21.8 Å². The van der Waals surface area contributed by atoms with Crippen LogP contribution in [0.15, 0.2) is 57.8 Å². The van der Waals surface area contributed by atoms with E-state index in [1.165, 1.54) is 11.8 Å². The van der Waals surface area contributed by atoms with Crippen LogP contribution in [-0.4, -0.2) is 30.8 Å². The molecule has 1 aromatic heterocycles. The summed E-state index contributed by atoms with van der Waals surface area (Å²) in [5.74, 6) is -0.375. The van der Waals surface area contributed by atoms with Gasteiger partial charge in [0.1, 0.15) is 0 Å². The van der Waals surface area contributed by atoms with Gasteiger partial charge >= 0.3 is 0 Å². The van der Waals surface area contributed by atoms with Crippen LogP contribution < -0.4 is 10.0 Å². The molecule has 1 heterocycles. The molecule has 10 heteroatoms. The molecule has 27 heavy (non-hydrogen) atoms. The van der Waals surface area contributed by atoms with Crippen LogP contribution in [0.4, 0.5) is 10.8 Å². The second-order valence-corrected chi connectivity index (χ2v) is 9.18. The number of nitrogens with zero attached hydrogens (tertiary/aromatic N) is 2. The van der Waals surface area contributed by atoms with Gasteiger partial charge in [0, 0.05) is 10.5 Å². The van der Waals surface area contributed by atoms with E-state index >= 15 is 0 Å². The highest BCUT2D eigenvalue weighted by molar-refractivity contribution is 7.99. The fourth-order valence-electron chi connectivity index (χ4n) is 2.24. The van der Waals surface area contributed by atoms with Crippen molar-refractivity contribution < 1.29 is 13.2 Å². The molecule has 2 aromatic carbocycles. The minimum atomic E-state index is -3.90. The van der Waals surface area contributed by atoms with E-state index < -0.39 is 10.0 Å². The molecule has 0 bridgehead atoms. The minimum absolute atomic E-state index is 0.111. The molecule has 0 fully saturated rings. The maximum absolute atomic E-state index is 12.6. The number of aryl methyl sites for hydroxylation is 1. The van der Waals surface area contributed by atoms with Crippen LogP contribution >= 0.6 is 23.1 Å². The van der Waals surface area contributed by atoms with Crippen LogP contribution in [0.2, 0.25) is 0 Å². The molecule has 2 N–H and O–H groups in total. The van der Waals surface area contributed by atoms with Crippen LogP contribution in [0.3, 0.4) is 0 Å². The summed E-state index contributed by atoms with van der Waals surface area (Å²) in [4.78, 5) is 13.1. The summed E-state index contributed by atoms with van der Waals surface area (Å²) in [6.45, 7) is 1.88. The first kappa shape index (κ1) is 19.3. The summed E-state index contributed by atoms with van der Waals surface area (Å²) < 4.78 is 27.4. The molecular formula is C17H16N4O3S3. The van der Waals surface area contributed by atoms with Crippen LogP contribution in [0.5, 0.6) is 0 Å². The summed E-state index contributed by atoms with van der Waals surface area (Å²) in [5, 5.41) is 10.2. The van der Waals surface area contributed by atoms with E-state index in [1.54, 1.807) is 30.3 Å². The molecule has 0 atom stereocenters. The molecule has 0 aliphatic heterocycles. The average Bonchev–Trinajstić information content (AvgIpc) is 3.11. The smallest absolute Gasteiger partial charge is 0.291 e. The molecule has 0 radical (unpaired) electrons. The Balaban J connectivity index is 1.77. The molecule has 0 saturated heterocycles. The predicted molar refractivity (Wildman–Crippen MR) is 108 cm³/mol. The van der Waals surface area contributed by atoms with Gasteiger partial charge in [-0.3, -0.25) is 14.8 Å². The first-order valence-corrected chi connectivity index (χ1v) is 11.3. The molecular weight excluding hydrogens is 404 g/mol. The number of hydrogen-bond donors (Lipinski definition) is 2. The molecule has 7 nitrogen and oxygen atoms in total. The molecule has 0 aliphatic carbocycles. The van der Waals surface area contributed by atoms with Crippen molar-refractivity contribution in [1.29, 1.82) is 0 Å². The van der Waals surface area contributed by atoms with Crippen molar-refractivity contribution >= 4 is 49.8 Å². The van der Waals surface area contributed by atoms with Crippen LogP contribution in [0.1, 0.15) is 15.9 Å². The second-order valence-electron chi connectivity index (χ2n) is 5.50. The Kier molecular flexibility index (Phi) is 5.78. The molecule has 3 rings (SSSR count). The quantitative estimate of drug-likeness (QED) is 0.467. The Morgan fingerprint density at radius 2 is 1.89 bits per heavy atom. The zero-order valence-corrected chi connectivity index (χ0v) is 16.9. The van der Waals surface area contributed by atoms with Gasteiger partial charge in [-0.05, 0) is 37.4 Å². The summed E-state index contributed by atoms with van der Waals surface area (Å²) in [7, 11) is -3.90. The van der Waals surface area contributed by atoms with E-state index in [1.807, 2.05) is 31.4 Å². The third-order valence-electron chi connectivity index (χ3n) is 3.49. The number of thioether (sulfide) groups is 1. The van der Waals surface area contributed by atoms with Crippen LogP contribution in [0, 0.1) is 6.92 Å². The fraction of sp³-hybridized carbons (Fsp3) is 0.118. The van der Waals surface area contributed by atoms with Gasteiger partial charge in [0.15, 0.2) is 0 Å². The Labute approximate surface area is 165 Å². The predicted octanol–water partition coefficient (Wildman–Crippen LogP) is 3.62. The lowest BCUT2D eigenvalue weighted by molar-refractivity contribution is 0.102. The number of aromatic nitrogens is 2. The zero-order chi connectivity index (χ0) is 19.4. The van der Waals surface area contributed by atoms with Gasteiger partial charge in [-0.25, -0.2) is 0 Å². The number of para-hydroxylation sites is 1. The van der Waals surface area contributed by atoms with Gasteiger partial charge in [0.2, 0.25) is 5.13 Å². The van der Waals surface area contributed by atoms with Crippen molar-refractivity contribution in [3.63, 3.8) is 0 Å². The normalized spacial score (nSPS) is 11.2. The maximum atomic E-state index is 12.6. The van der Waals surface area contributed by atoms with Gasteiger partial charge in [0.25, 0.3) is 20.3 Å². The van der Waals surface area contributed by atoms with Crippen molar-refractivity contribution in [3.05, 3.63) is 59.7 Å². The third kappa shape index (κ3) is 4.65. The lowest BCUT2D eigenvalue weighted by Gasteiger charge is -2.08. The number of anilines is 2. The number of carbonyl (C=O) groups excluding carboxylic acids is 1. The highest BCUT2D eigenvalue weighted by Gasteiger charge is 2.22. The van der Waals surface area contributed by atoms with Crippen molar-refractivity contribution in [2.75, 3.05) is 16.3 Å². The Morgan fingerprint density at radius 3 is 2.63 bits per heavy atom. The zero-order valence-electron chi connectivity index (χ0n) is 14.5.